The molecule has 1 unspecified atom stereocenters. The maximum Gasteiger partial charge on any atom is 0.137 e. The van der Waals surface area contributed by atoms with Crippen molar-refractivity contribution in [1.29, 1.82) is 0 Å². The van der Waals surface area contributed by atoms with Crippen LogP contribution in [0.25, 0.3) is 0 Å². The zero-order chi connectivity index (χ0) is 9.14. The van der Waals surface area contributed by atoms with E-state index in [4.69, 9.17) is 10.5 Å². The van der Waals surface area contributed by atoms with Crippen LogP contribution in [0.2, 0.25) is 0 Å². The molecule has 0 fully saturated rings. The van der Waals surface area contributed by atoms with Crippen molar-refractivity contribution in [3.05, 3.63) is 9.88 Å². The fourth-order valence-electron chi connectivity index (χ4n) is 1.01. The van der Waals surface area contributed by atoms with Crippen LogP contribution in [0.3, 0.4) is 0 Å². The normalized spacial score (nSPS) is 13.2. The smallest absolute Gasteiger partial charge is 0.137 e. The third-order valence-electron chi connectivity index (χ3n) is 1.78. The lowest BCUT2D eigenvalue weighted by Gasteiger charge is -2.07. The van der Waals surface area contributed by atoms with Crippen LogP contribution in [-0.2, 0) is 4.74 Å². The Bertz CT molecular complexity index is 236. The van der Waals surface area contributed by atoms with Crippen molar-refractivity contribution < 1.29 is 4.74 Å². The van der Waals surface area contributed by atoms with Crippen molar-refractivity contribution in [3.63, 3.8) is 0 Å². The Kier molecular flexibility index (Phi) is 3.05. The van der Waals surface area contributed by atoms with Crippen molar-refractivity contribution in [3.8, 4) is 0 Å². The molecule has 0 saturated carbocycles. The van der Waals surface area contributed by atoms with Gasteiger partial charge in [0.1, 0.15) is 16.9 Å². The summed E-state index contributed by atoms with van der Waals surface area (Å²) in [6.07, 6.45) is 1.04. The van der Waals surface area contributed by atoms with Crippen LogP contribution >= 0.6 is 11.3 Å². The number of hydrogen-bond donors (Lipinski definition) is 1. The summed E-state index contributed by atoms with van der Waals surface area (Å²) >= 11 is 1.61. The van der Waals surface area contributed by atoms with E-state index in [-0.39, 0.29) is 6.10 Å². The Morgan fingerprint density at radius 1 is 1.67 bits per heavy atom. The minimum atomic E-state index is 0.103. The van der Waals surface area contributed by atoms with E-state index in [1.807, 2.05) is 6.92 Å². The molecule has 0 radical (unpaired) electrons. The predicted molar refractivity (Wildman–Crippen MR) is 51.3 cm³/mol. The molecule has 0 saturated heterocycles. The molecule has 1 heterocycles. The SMILES string of the molecule is CCC(OC)c1nc(N)c(C)s1. The zero-order valence-electron chi connectivity index (χ0n) is 7.63. The van der Waals surface area contributed by atoms with Gasteiger partial charge in [0.25, 0.3) is 0 Å². The second-order valence-electron chi connectivity index (χ2n) is 2.63. The highest BCUT2D eigenvalue weighted by molar-refractivity contribution is 7.12. The molecule has 1 atom stereocenters. The fourth-order valence-corrected chi connectivity index (χ4v) is 2.01. The van der Waals surface area contributed by atoms with Gasteiger partial charge < -0.3 is 10.5 Å². The third-order valence-corrected chi connectivity index (χ3v) is 2.86. The summed E-state index contributed by atoms with van der Waals surface area (Å²) in [5.74, 6) is 0.630. The molecular weight excluding hydrogens is 172 g/mol. The zero-order valence-corrected chi connectivity index (χ0v) is 8.44. The topological polar surface area (TPSA) is 48.1 Å². The molecule has 0 aliphatic rings. The molecule has 3 nitrogen and oxygen atoms in total. The highest BCUT2D eigenvalue weighted by atomic mass is 32.1. The summed E-state index contributed by atoms with van der Waals surface area (Å²) in [6, 6.07) is 0. The van der Waals surface area contributed by atoms with Gasteiger partial charge in [-0.15, -0.1) is 11.3 Å². The molecule has 12 heavy (non-hydrogen) atoms. The van der Waals surface area contributed by atoms with Gasteiger partial charge in [-0.05, 0) is 13.3 Å². The average molecular weight is 186 g/mol. The number of aromatic nitrogens is 1. The molecule has 0 spiro atoms. The number of nitrogens with zero attached hydrogens (tertiary/aromatic N) is 1. The molecule has 0 aromatic carbocycles. The first-order valence-electron chi connectivity index (χ1n) is 3.94. The van der Waals surface area contributed by atoms with Gasteiger partial charge in [-0.25, -0.2) is 4.98 Å². The summed E-state index contributed by atoms with van der Waals surface area (Å²) < 4.78 is 5.25. The Hall–Kier alpha value is -0.610. The maximum atomic E-state index is 5.63. The average Bonchev–Trinajstić information content (AvgIpc) is 2.35. The molecule has 1 aromatic heterocycles. The van der Waals surface area contributed by atoms with E-state index in [1.165, 1.54) is 0 Å². The molecule has 0 bridgehead atoms. The quantitative estimate of drug-likeness (QED) is 0.786. The first-order chi connectivity index (χ1) is 5.69. The number of thiazole rings is 1. The molecule has 0 aliphatic heterocycles. The Morgan fingerprint density at radius 3 is 2.67 bits per heavy atom. The number of nitrogen functional groups attached to an aromatic ring is 1. The van der Waals surface area contributed by atoms with E-state index in [2.05, 4.69) is 11.9 Å². The number of rotatable bonds is 3. The van der Waals surface area contributed by atoms with E-state index in [0.29, 0.717) is 5.82 Å². The van der Waals surface area contributed by atoms with Crippen molar-refractivity contribution in [2.24, 2.45) is 0 Å². The maximum absolute atomic E-state index is 5.63. The van der Waals surface area contributed by atoms with E-state index in [0.717, 1.165) is 16.3 Å². The van der Waals surface area contributed by atoms with Crippen LogP contribution in [0, 0.1) is 6.92 Å². The molecule has 4 heteroatoms. The van der Waals surface area contributed by atoms with Crippen molar-refractivity contribution >= 4 is 17.2 Å². The Morgan fingerprint density at radius 2 is 2.33 bits per heavy atom. The number of methoxy groups -OCH3 is 1. The largest absolute Gasteiger partial charge is 0.383 e. The molecule has 68 valence electrons. The summed E-state index contributed by atoms with van der Waals surface area (Å²) in [4.78, 5) is 5.29. The van der Waals surface area contributed by atoms with Gasteiger partial charge in [-0.2, -0.15) is 0 Å². The highest BCUT2D eigenvalue weighted by Gasteiger charge is 2.13. The monoisotopic (exact) mass is 186 g/mol. The molecular formula is C8H14N2OS. The summed E-state index contributed by atoms with van der Waals surface area (Å²) in [6.45, 7) is 4.04. The van der Waals surface area contributed by atoms with E-state index >= 15 is 0 Å². The van der Waals surface area contributed by atoms with E-state index in [9.17, 15) is 0 Å². The van der Waals surface area contributed by atoms with E-state index < -0.39 is 0 Å². The Labute approximate surface area is 76.6 Å². The van der Waals surface area contributed by atoms with Gasteiger partial charge in [0.15, 0.2) is 0 Å². The summed E-state index contributed by atoms with van der Waals surface area (Å²) in [5.41, 5.74) is 5.63. The van der Waals surface area contributed by atoms with E-state index in [1.54, 1.807) is 18.4 Å². The first kappa shape index (κ1) is 9.48. The van der Waals surface area contributed by atoms with Gasteiger partial charge >= 0.3 is 0 Å². The summed E-state index contributed by atoms with van der Waals surface area (Å²) in [7, 11) is 1.70. The molecule has 1 aromatic rings. The van der Waals surface area contributed by atoms with Crippen LogP contribution in [0.5, 0.6) is 0 Å². The third kappa shape index (κ3) is 1.76. The minimum absolute atomic E-state index is 0.103. The number of anilines is 1. The first-order valence-corrected chi connectivity index (χ1v) is 4.76. The van der Waals surface area contributed by atoms with Gasteiger partial charge in [-0.1, -0.05) is 6.92 Å². The standard InChI is InChI=1S/C8H14N2OS/c1-4-6(11-3)8-10-7(9)5(2)12-8/h6H,4,9H2,1-3H3. The molecule has 0 aliphatic carbocycles. The van der Waals surface area contributed by atoms with Gasteiger partial charge in [0.05, 0.1) is 0 Å². The van der Waals surface area contributed by atoms with Gasteiger partial charge in [-0.3, -0.25) is 0 Å². The molecule has 2 N–H and O–H groups in total. The van der Waals surface area contributed by atoms with Crippen LogP contribution in [-0.4, -0.2) is 12.1 Å². The predicted octanol–water partition coefficient (Wildman–Crippen LogP) is 2.13. The minimum Gasteiger partial charge on any atom is -0.383 e. The molecule has 0 amide bonds. The number of nitrogens with two attached hydrogens (primary N) is 1. The lowest BCUT2D eigenvalue weighted by atomic mass is 10.3. The second kappa shape index (κ2) is 3.87. The van der Waals surface area contributed by atoms with Crippen LogP contribution in [0.1, 0.15) is 29.3 Å². The van der Waals surface area contributed by atoms with Crippen molar-refractivity contribution in [2.45, 2.75) is 26.4 Å². The van der Waals surface area contributed by atoms with Crippen LogP contribution in [0.4, 0.5) is 5.82 Å². The van der Waals surface area contributed by atoms with Crippen LogP contribution < -0.4 is 5.73 Å². The lowest BCUT2D eigenvalue weighted by Crippen LogP contribution is -1.99. The van der Waals surface area contributed by atoms with Crippen molar-refractivity contribution in [1.82, 2.24) is 4.98 Å². The second-order valence-corrected chi connectivity index (χ2v) is 3.86. The lowest BCUT2D eigenvalue weighted by molar-refractivity contribution is 0.0999. The van der Waals surface area contributed by atoms with Gasteiger partial charge in [0.2, 0.25) is 0 Å². The molecule has 1 rings (SSSR count). The van der Waals surface area contributed by atoms with Crippen LogP contribution in [0.15, 0.2) is 0 Å². The Balaban J connectivity index is 2.86. The number of ether oxygens (including phenoxy) is 1. The number of hydrogen-bond acceptors (Lipinski definition) is 4. The highest BCUT2D eigenvalue weighted by Crippen LogP contribution is 2.28. The summed E-state index contributed by atoms with van der Waals surface area (Å²) in [5, 5.41) is 0.981. The number of aryl methyl sites for hydroxylation is 1. The fraction of sp³-hybridized carbons (Fsp3) is 0.625. The van der Waals surface area contributed by atoms with Crippen molar-refractivity contribution in [2.75, 3.05) is 12.8 Å². The van der Waals surface area contributed by atoms with Gasteiger partial charge in [0, 0.05) is 12.0 Å².